The van der Waals surface area contributed by atoms with Gasteiger partial charge in [-0.1, -0.05) is 36.8 Å². The Kier molecular flexibility index (Phi) is 4.22. The quantitative estimate of drug-likeness (QED) is 0.690. The molecule has 1 rings (SSSR count). The van der Waals surface area contributed by atoms with Gasteiger partial charge in [-0.2, -0.15) is 0 Å². The van der Waals surface area contributed by atoms with Crippen LogP contribution < -0.4 is 0 Å². The molecule has 0 atom stereocenters. The number of carbonyl (C=O) groups is 2. The van der Waals surface area contributed by atoms with E-state index in [1.807, 2.05) is 38.1 Å². The minimum Gasteiger partial charge on any atom is -0.291 e. The highest BCUT2D eigenvalue weighted by Gasteiger charge is 2.12. The summed E-state index contributed by atoms with van der Waals surface area (Å²) in [4.78, 5) is 22.7. The minimum atomic E-state index is -0.277. The predicted octanol–water partition coefficient (Wildman–Crippen LogP) is 2.48. The van der Waals surface area contributed by atoms with Gasteiger partial charge in [-0.3, -0.25) is 9.59 Å². The Morgan fingerprint density at radius 1 is 1.07 bits per heavy atom. The average molecular weight is 204 g/mol. The van der Waals surface area contributed by atoms with Crippen molar-refractivity contribution in [2.45, 2.75) is 33.1 Å². The van der Waals surface area contributed by atoms with E-state index in [1.165, 1.54) is 0 Å². The zero-order valence-corrected chi connectivity index (χ0v) is 9.25. The summed E-state index contributed by atoms with van der Waals surface area (Å²) < 4.78 is 0. The van der Waals surface area contributed by atoms with E-state index in [-0.39, 0.29) is 18.0 Å². The van der Waals surface area contributed by atoms with E-state index in [9.17, 15) is 9.59 Å². The molecule has 2 nitrogen and oxygen atoms in total. The van der Waals surface area contributed by atoms with E-state index in [2.05, 4.69) is 0 Å². The summed E-state index contributed by atoms with van der Waals surface area (Å²) in [5.41, 5.74) is 2.07. The molecule has 0 heterocycles. The highest BCUT2D eigenvalue weighted by Crippen LogP contribution is 2.05. The van der Waals surface area contributed by atoms with Crippen molar-refractivity contribution in [3.63, 3.8) is 0 Å². The van der Waals surface area contributed by atoms with E-state index in [1.54, 1.807) is 0 Å². The molecule has 1 aromatic carbocycles. The summed E-state index contributed by atoms with van der Waals surface area (Å²) in [7, 11) is 0. The van der Waals surface area contributed by atoms with Gasteiger partial charge in [0.25, 0.3) is 0 Å². The highest BCUT2D eigenvalue weighted by molar-refractivity contribution is 6.37. The highest BCUT2D eigenvalue weighted by atomic mass is 16.2. The Morgan fingerprint density at radius 3 is 2.20 bits per heavy atom. The van der Waals surface area contributed by atoms with Crippen LogP contribution in [-0.2, 0) is 16.0 Å². The first-order valence-corrected chi connectivity index (χ1v) is 5.25. The number of benzene rings is 1. The van der Waals surface area contributed by atoms with Crippen LogP contribution in [0.1, 0.15) is 30.9 Å². The van der Waals surface area contributed by atoms with Crippen LogP contribution in [0.5, 0.6) is 0 Å². The van der Waals surface area contributed by atoms with Crippen molar-refractivity contribution in [2.24, 2.45) is 0 Å². The number of ketones is 2. The van der Waals surface area contributed by atoms with Gasteiger partial charge >= 0.3 is 0 Å². The number of Topliss-reactive ketones (excluding diaryl/α,β-unsaturated/α-hetero) is 2. The summed E-state index contributed by atoms with van der Waals surface area (Å²) in [6.45, 7) is 3.89. The molecular formula is C13H16O2. The van der Waals surface area contributed by atoms with Crippen LogP contribution in [0.3, 0.4) is 0 Å². The third-order valence-corrected chi connectivity index (χ3v) is 2.27. The van der Waals surface area contributed by atoms with Crippen LogP contribution in [0.4, 0.5) is 0 Å². The molecule has 0 N–H and O–H groups in total. The second-order valence-electron chi connectivity index (χ2n) is 3.76. The Balaban J connectivity index is 2.58. The topological polar surface area (TPSA) is 34.1 Å². The van der Waals surface area contributed by atoms with Gasteiger partial charge in [-0.05, 0) is 18.9 Å². The zero-order valence-electron chi connectivity index (χ0n) is 9.25. The molecule has 0 saturated carbocycles. The average Bonchev–Trinajstić information content (AvgIpc) is 2.22. The lowest BCUT2D eigenvalue weighted by Crippen LogP contribution is -2.15. The van der Waals surface area contributed by atoms with Gasteiger partial charge in [0, 0.05) is 12.8 Å². The Morgan fingerprint density at radius 2 is 1.67 bits per heavy atom. The fraction of sp³-hybridized carbons (Fsp3) is 0.385. The van der Waals surface area contributed by atoms with Gasteiger partial charge < -0.3 is 0 Å². The summed E-state index contributed by atoms with van der Waals surface area (Å²) >= 11 is 0. The van der Waals surface area contributed by atoms with Gasteiger partial charge in [-0.25, -0.2) is 0 Å². The first-order valence-electron chi connectivity index (χ1n) is 5.25. The molecule has 0 saturated heterocycles. The van der Waals surface area contributed by atoms with Gasteiger partial charge in [-0.15, -0.1) is 0 Å². The molecular weight excluding hydrogens is 188 g/mol. The van der Waals surface area contributed by atoms with E-state index >= 15 is 0 Å². The molecule has 0 aliphatic heterocycles. The van der Waals surface area contributed by atoms with Crippen molar-refractivity contribution in [2.75, 3.05) is 0 Å². The lowest BCUT2D eigenvalue weighted by Gasteiger charge is -2.00. The van der Waals surface area contributed by atoms with Crippen molar-refractivity contribution in [1.29, 1.82) is 0 Å². The third kappa shape index (κ3) is 3.66. The van der Waals surface area contributed by atoms with Crippen LogP contribution in [-0.4, -0.2) is 11.6 Å². The molecule has 0 bridgehead atoms. The van der Waals surface area contributed by atoms with Crippen molar-refractivity contribution in [3.05, 3.63) is 35.4 Å². The second-order valence-corrected chi connectivity index (χ2v) is 3.76. The zero-order chi connectivity index (χ0) is 11.3. The molecule has 0 unspecified atom stereocenters. The maximum Gasteiger partial charge on any atom is 0.202 e. The Bertz CT molecular complexity index is 349. The van der Waals surface area contributed by atoms with Crippen LogP contribution in [0, 0.1) is 6.92 Å². The van der Waals surface area contributed by atoms with Crippen LogP contribution >= 0.6 is 0 Å². The van der Waals surface area contributed by atoms with E-state index in [4.69, 9.17) is 0 Å². The van der Waals surface area contributed by atoms with Crippen LogP contribution in [0.15, 0.2) is 24.3 Å². The number of hydrogen-bond acceptors (Lipinski definition) is 2. The van der Waals surface area contributed by atoms with Gasteiger partial charge in [0.05, 0.1) is 0 Å². The molecule has 0 fully saturated rings. The molecule has 2 heteroatoms. The summed E-state index contributed by atoms with van der Waals surface area (Å²) in [5, 5.41) is 0. The molecule has 15 heavy (non-hydrogen) atoms. The molecule has 0 aromatic heterocycles. The maximum absolute atomic E-state index is 11.4. The summed E-state index contributed by atoms with van der Waals surface area (Å²) in [5.74, 6) is -0.529. The third-order valence-electron chi connectivity index (χ3n) is 2.27. The van der Waals surface area contributed by atoms with Crippen LogP contribution in [0.2, 0.25) is 0 Å². The molecule has 0 aliphatic carbocycles. The first kappa shape index (κ1) is 11.6. The number of carbonyl (C=O) groups excluding carboxylic acids is 2. The summed E-state index contributed by atoms with van der Waals surface area (Å²) in [6, 6.07) is 7.69. The SMILES string of the molecule is CCCC(=O)C(=O)Cc1ccc(C)cc1. The Labute approximate surface area is 90.3 Å². The van der Waals surface area contributed by atoms with E-state index < -0.39 is 0 Å². The van der Waals surface area contributed by atoms with Gasteiger partial charge in [0.1, 0.15) is 0 Å². The maximum atomic E-state index is 11.4. The fourth-order valence-corrected chi connectivity index (χ4v) is 1.36. The van der Waals surface area contributed by atoms with Crippen molar-refractivity contribution in [3.8, 4) is 0 Å². The van der Waals surface area contributed by atoms with Crippen molar-refractivity contribution in [1.82, 2.24) is 0 Å². The first-order chi connectivity index (χ1) is 7.13. The second kappa shape index (κ2) is 5.44. The lowest BCUT2D eigenvalue weighted by molar-refractivity contribution is -0.136. The molecule has 0 aliphatic rings. The van der Waals surface area contributed by atoms with Gasteiger partial charge in [0.2, 0.25) is 5.78 Å². The number of rotatable bonds is 5. The Hall–Kier alpha value is -1.44. The largest absolute Gasteiger partial charge is 0.291 e. The normalized spacial score (nSPS) is 10.0. The molecule has 80 valence electrons. The molecule has 0 radical (unpaired) electrons. The van der Waals surface area contributed by atoms with E-state index in [0.717, 1.165) is 17.5 Å². The van der Waals surface area contributed by atoms with Crippen LogP contribution in [0.25, 0.3) is 0 Å². The molecule has 0 amide bonds. The monoisotopic (exact) mass is 204 g/mol. The van der Waals surface area contributed by atoms with Gasteiger partial charge in [0.15, 0.2) is 5.78 Å². The van der Waals surface area contributed by atoms with Crippen molar-refractivity contribution >= 4 is 11.6 Å². The smallest absolute Gasteiger partial charge is 0.202 e. The fourth-order valence-electron chi connectivity index (χ4n) is 1.36. The summed E-state index contributed by atoms with van der Waals surface area (Å²) in [6.07, 6.45) is 1.34. The standard InChI is InChI=1S/C13H16O2/c1-3-4-12(14)13(15)9-11-7-5-10(2)6-8-11/h5-8H,3-4,9H2,1-2H3. The molecule has 1 aromatic rings. The molecule has 0 spiro atoms. The van der Waals surface area contributed by atoms with Crippen molar-refractivity contribution < 1.29 is 9.59 Å². The number of hydrogen-bond donors (Lipinski definition) is 0. The minimum absolute atomic E-state index is 0.235. The number of aryl methyl sites for hydroxylation is 1. The van der Waals surface area contributed by atoms with E-state index in [0.29, 0.717) is 6.42 Å². The lowest BCUT2D eigenvalue weighted by atomic mass is 10.0. The predicted molar refractivity (Wildman–Crippen MR) is 59.8 cm³/mol.